The van der Waals surface area contributed by atoms with Gasteiger partial charge in [-0.05, 0) is 29.8 Å². The molecule has 2 N–H and O–H groups in total. The number of ether oxygens (including phenoxy) is 1. The Hall–Kier alpha value is -3.33. The lowest BCUT2D eigenvalue weighted by Crippen LogP contribution is -2.26. The zero-order valence-corrected chi connectivity index (χ0v) is 12.6. The van der Waals surface area contributed by atoms with Crippen LogP contribution in [0.4, 0.5) is 5.69 Å². The third-order valence-corrected chi connectivity index (χ3v) is 2.99. The summed E-state index contributed by atoms with van der Waals surface area (Å²) < 4.78 is 5.19. The van der Waals surface area contributed by atoms with Crippen molar-refractivity contribution in [2.45, 2.75) is 0 Å². The average Bonchev–Trinajstić information content (AvgIpc) is 2.60. The van der Waals surface area contributed by atoms with Gasteiger partial charge in [0.2, 0.25) is 0 Å². The number of nitrogens with zero attached hydrogens (tertiary/aromatic N) is 2. The second-order valence-corrected chi connectivity index (χ2v) is 4.58. The molecule has 0 saturated heterocycles. The highest BCUT2D eigenvalue weighted by Crippen LogP contribution is 2.22. The highest BCUT2D eigenvalue weighted by molar-refractivity contribution is 5.84. The fourth-order valence-corrected chi connectivity index (χ4v) is 1.83. The number of nitriles is 1. The van der Waals surface area contributed by atoms with Gasteiger partial charge in [-0.3, -0.25) is 4.79 Å². The van der Waals surface area contributed by atoms with Gasteiger partial charge < -0.3 is 10.1 Å². The van der Waals surface area contributed by atoms with Crippen molar-refractivity contribution in [3.05, 3.63) is 59.7 Å². The summed E-state index contributed by atoms with van der Waals surface area (Å²) in [6.07, 6.45) is 1.52. The number of carbonyl (C=O) groups excluding carboxylic acids is 1. The predicted octanol–water partition coefficient (Wildman–Crippen LogP) is 2.13. The van der Waals surface area contributed by atoms with Crippen molar-refractivity contribution in [2.75, 3.05) is 19.0 Å². The number of hydrogen-bond donors (Lipinski definition) is 2. The maximum atomic E-state index is 11.7. The van der Waals surface area contributed by atoms with E-state index in [2.05, 4.69) is 15.8 Å². The maximum Gasteiger partial charge on any atom is 0.259 e. The van der Waals surface area contributed by atoms with Gasteiger partial charge in [-0.25, -0.2) is 5.43 Å². The van der Waals surface area contributed by atoms with Gasteiger partial charge in [0.05, 0.1) is 37.2 Å². The zero-order valence-electron chi connectivity index (χ0n) is 12.6. The van der Waals surface area contributed by atoms with E-state index in [-0.39, 0.29) is 12.5 Å². The molecule has 1 amide bonds. The number of nitrogens with one attached hydrogen (secondary N) is 2. The third-order valence-electron chi connectivity index (χ3n) is 2.99. The van der Waals surface area contributed by atoms with Crippen LogP contribution < -0.4 is 15.5 Å². The minimum absolute atomic E-state index is 0.0745. The second-order valence-electron chi connectivity index (χ2n) is 4.58. The van der Waals surface area contributed by atoms with Gasteiger partial charge in [-0.2, -0.15) is 10.4 Å². The van der Waals surface area contributed by atoms with Crippen molar-refractivity contribution >= 4 is 17.8 Å². The second kappa shape index (κ2) is 8.20. The monoisotopic (exact) mass is 308 g/mol. The quantitative estimate of drug-likeness (QED) is 0.632. The number of benzene rings is 2. The number of methoxy groups -OCH3 is 1. The predicted molar refractivity (Wildman–Crippen MR) is 88.4 cm³/mol. The van der Waals surface area contributed by atoms with Crippen molar-refractivity contribution in [1.29, 1.82) is 5.26 Å². The standard InChI is InChI=1S/C17H16N4O2/c1-23-16-5-3-2-4-15(16)19-12-17(22)21-20-11-14-8-6-13(10-18)7-9-14/h2-9,11,19H,12H2,1H3,(H,21,22)/b20-11+. The fraction of sp³-hybridized carbons (Fsp3) is 0.118. The van der Waals surface area contributed by atoms with E-state index >= 15 is 0 Å². The molecule has 0 heterocycles. The Morgan fingerprint density at radius 3 is 2.70 bits per heavy atom. The Balaban J connectivity index is 1.82. The van der Waals surface area contributed by atoms with E-state index in [9.17, 15) is 4.79 Å². The first-order valence-electron chi connectivity index (χ1n) is 6.92. The van der Waals surface area contributed by atoms with Crippen LogP contribution in [0.2, 0.25) is 0 Å². The van der Waals surface area contributed by atoms with Crippen LogP contribution in [0.1, 0.15) is 11.1 Å². The van der Waals surface area contributed by atoms with Crippen LogP contribution in [-0.2, 0) is 4.79 Å². The van der Waals surface area contributed by atoms with E-state index < -0.39 is 0 Å². The molecule has 0 aliphatic carbocycles. The van der Waals surface area contributed by atoms with Crippen LogP contribution in [0.25, 0.3) is 0 Å². The van der Waals surface area contributed by atoms with Crippen LogP contribution in [0.3, 0.4) is 0 Å². The van der Waals surface area contributed by atoms with Gasteiger partial charge in [0, 0.05) is 0 Å². The van der Waals surface area contributed by atoms with Crippen LogP contribution >= 0.6 is 0 Å². The smallest absolute Gasteiger partial charge is 0.259 e. The molecule has 0 bridgehead atoms. The van der Waals surface area contributed by atoms with Crippen molar-refractivity contribution in [1.82, 2.24) is 5.43 Å². The molecule has 0 radical (unpaired) electrons. The molecule has 0 aromatic heterocycles. The molecular formula is C17H16N4O2. The molecule has 23 heavy (non-hydrogen) atoms. The summed E-state index contributed by atoms with van der Waals surface area (Å²) in [5, 5.41) is 15.6. The zero-order chi connectivity index (χ0) is 16.5. The number of carbonyl (C=O) groups is 1. The van der Waals surface area contributed by atoms with Crippen molar-refractivity contribution in [3.63, 3.8) is 0 Å². The van der Waals surface area contributed by atoms with Crippen LogP contribution in [0.5, 0.6) is 5.75 Å². The van der Waals surface area contributed by atoms with Crippen molar-refractivity contribution in [2.24, 2.45) is 5.10 Å². The molecule has 6 heteroatoms. The highest BCUT2D eigenvalue weighted by atomic mass is 16.5. The Labute approximate surface area is 134 Å². The van der Waals surface area contributed by atoms with E-state index in [4.69, 9.17) is 10.00 Å². The van der Waals surface area contributed by atoms with E-state index in [0.29, 0.717) is 11.3 Å². The first-order valence-corrected chi connectivity index (χ1v) is 6.92. The molecule has 2 rings (SSSR count). The van der Waals surface area contributed by atoms with Crippen molar-refractivity contribution in [3.8, 4) is 11.8 Å². The molecule has 0 atom stereocenters. The van der Waals surface area contributed by atoms with E-state index in [1.807, 2.05) is 30.3 Å². The Morgan fingerprint density at radius 1 is 1.26 bits per heavy atom. The van der Waals surface area contributed by atoms with Gasteiger partial charge in [-0.15, -0.1) is 0 Å². The van der Waals surface area contributed by atoms with Crippen LogP contribution in [0.15, 0.2) is 53.6 Å². The molecule has 116 valence electrons. The molecule has 0 saturated carbocycles. The minimum atomic E-state index is -0.277. The topological polar surface area (TPSA) is 86.5 Å². The summed E-state index contributed by atoms with van der Waals surface area (Å²) in [7, 11) is 1.57. The average molecular weight is 308 g/mol. The number of para-hydroxylation sites is 2. The highest BCUT2D eigenvalue weighted by Gasteiger charge is 2.03. The molecule has 2 aromatic rings. The largest absolute Gasteiger partial charge is 0.495 e. The number of rotatable bonds is 6. The van der Waals surface area contributed by atoms with Gasteiger partial charge >= 0.3 is 0 Å². The Morgan fingerprint density at radius 2 is 2.00 bits per heavy atom. The molecule has 0 fully saturated rings. The maximum absolute atomic E-state index is 11.7. The molecule has 0 unspecified atom stereocenters. The molecule has 0 aliphatic heterocycles. The lowest BCUT2D eigenvalue weighted by Gasteiger charge is -2.09. The summed E-state index contributed by atoms with van der Waals surface area (Å²) in [6, 6.07) is 16.3. The Bertz CT molecular complexity index is 733. The molecular weight excluding hydrogens is 292 g/mol. The normalized spacial score (nSPS) is 10.1. The van der Waals surface area contributed by atoms with Gasteiger partial charge in [0.1, 0.15) is 5.75 Å². The number of anilines is 1. The third kappa shape index (κ3) is 4.86. The van der Waals surface area contributed by atoms with Gasteiger partial charge in [0.15, 0.2) is 0 Å². The lowest BCUT2D eigenvalue weighted by molar-refractivity contribution is -0.119. The van der Waals surface area contributed by atoms with Crippen LogP contribution in [0, 0.1) is 11.3 Å². The summed E-state index contributed by atoms with van der Waals surface area (Å²) in [6.45, 7) is 0.0745. The molecule has 0 spiro atoms. The number of hydrazone groups is 1. The summed E-state index contributed by atoms with van der Waals surface area (Å²) in [5.74, 6) is 0.391. The van der Waals surface area contributed by atoms with Gasteiger partial charge in [-0.1, -0.05) is 24.3 Å². The Kier molecular flexibility index (Phi) is 5.72. The van der Waals surface area contributed by atoms with E-state index in [1.165, 1.54) is 6.21 Å². The van der Waals surface area contributed by atoms with E-state index in [0.717, 1.165) is 11.3 Å². The number of hydrogen-bond acceptors (Lipinski definition) is 5. The van der Waals surface area contributed by atoms with Crippen molar-refractivity contribution < 1.29 is 9.53 Å². The first kappa shape index (κ1) is 16.0. The molecule has 2 aromatic carbocycles. The summed E-state index contributed by atoms with van der Waals surface area (Å²) in [4.78, 5) is 11.7. The number of amides is 1. The SMILES string of the molecule is COc1ccccc1NCC(=O)N/N=C/c1ccc(C#N)cc1. The van der Waals surface area contributed by atoms with E-state index in [1.54, 1.807) is 31.4 Å². The molecule has 0 aliphatic rings. The van der Waals surface area contributed by atoms with Gasteiger partial charge in [0.25, 0.3) is 5.91 Å². The first-order chi connectivity index (χ1) is 11.2. The fourth-order valence-electron chi connectivity index (χ4n) is 1.83. The summed E-state index contributed by atoms with van der Waals surface area (Å²) in [5.41, 5.74) is 4.54. The lowest BCUT2D eigenvalue weighted by atomic mass is 10.2. The summed E-state index contributed by atoms with van der Waals surface area (Å²) >= 11 is 0. The minimum Gasteiger partial charge on any atom is -0.495 e. The molecule has 6 nitrogen and oxygen atoms in total. The van der Waals surface area contributed by atoms with Crippen LogP contribution in [-0.4, -0.2) is 25.8 Å².